The summed E-state index contributed by atoms with van der Waals surface area (Å²) >= 11 is 0. The summed E-state index contributed by atoms with van der Waals surface area (Å²) in [7, 11) is -2.56. The molecule has 0 bridgehead atoms. The zero-order valence-electron chi connectivity index (χ0n) is 24.4. The number of hydrogen-bond acceptors (Lipinski definition) is 8. The molecule has 1 saturated carbocycles. The highest BCUT2D eigenvalue weighted by atomic mass is 32.2. The topological polar surface area (TPSA) is 141 Å². The van der Waals surface area contributed by atoms with Crippen molar-refractivity contribution in [2.45, 2.75) is 49.0 Å². The van der Waals surface area contributed by atoms with Crippen molar-refractivity contribution in [2.75, 3.05) is 53.1 Å². The van der Waals surface area contributed by atoms with Crippen LogP contribution in [-0.2, 0) is 19.5 Å². The molecule has 11 nitrogen and oxygen atoms in total. The number of benzene rings is 1. The lowest BCUT2D eigenvalue weighted by Gasteiger charge is -2.32. The van der Waals surface area contributed by atoms with Gasteiger partial charge in [0.2, 0.25) is 15.9 Å². The van der Waals surface area contributed by atoms with Crippen molar-refractivity contribution in [3.8, 4) is 5.88 Å². The Morgan fingerprint density at radius 2 is 1.72 bits per heavy atom. The fourth-order valence-electron chi connectivity index (χ4n) is 6.63. The van der Waals surface area contributed by atoms with Crippen molar-refractivity contribution < 1.29 is 36.6 Å². The number of sulfonamides is 1. The van der Waals surface area contributed by atoms with Crippen LogP contribution in [0, 0.1) is 17.2 Å². The van der Waals surface area contributed by atoms with Gasteiger partial charge in [0.25, 0.3) is 11.8 Å². The maximum absolute atomic E-state index is 14.8. The van der Waals surface area contributed by atoms with Gasteiger partial charge in [-0.25, -0.2) is 22.9 Å². The van der Waals surface area contributed by atoms with Crippen molar-refractivity contribution in [1.82, 2.24) is 14.8 Å². The minimum Gasteiger partial charge on any atom is -0.477 e. The largest absolute Gasteiger partial charge is 0.477 e. The molecule has 0 spiro atoms. The SMILES string of the molecule is CO[C@@]12CN(C(=O)c3cc(OCC4CCOCC4)nc(C4CC4)c3)C[C@@]1(C)CN(C(=O)c1ccc(S(N)(=O)=O)cc1F)C2. The predicted octanol–water partition coefficient (Wildman–Crippen LogP) is 2.55. The first kappa shape index (κ1) is 29.9. The molecular weight excluding hydrogens is 579 g/mol. The molecular formula is C30H37FN4O7S. The van der Waals surface area contributed by atoms with Crippen LogP contribution >= 0.6 is 0 Å². The Kier molecular flexibility index (Phi) is 7.72. The van der Waals surface area contributed by atoms with Crippen LogP contribution < -0.4 is 9.88 Å². The smallest absolute Gasteiger partial charge is 0.256 e. The quantitative estimate of drug-likeness (QED) is 0.477. The van der Waals surface area contributed by atoms with Gasteiger partial charge in [-0.3, -0.25) is 9.59 Å². The van der Waals surface area contributed by atoms with Crippen LogP contribution in [0.4, 0.5) is 4.39 Å². The van der Waals surface area contributed by atoms with E-state index in [1.54, 1.807) is 18.1 Å². The first-order chi connectivity index (χ1) is 20.4. The van der Waals surface area contributed by atoms with Crippen LogP contribution in [-0.4, -0.2) is 93.7 Å². The summed E-state index contributed by atoms with van der Waals surface area (Å²) in [5.74, 6) is -0.533. The van der Waals surface area contributed by atoms with Crippen LogP contribution in [0.3, 0.4) is 0 Å². The molecule has 0 unspecified atom stereocenters. The summed E-state index contributed by atoms with van der Waals surface area (Å²) < 4.78 is 55.6. The van der Waals surface area contributed by atoms with Crippen molar-refractivity contribution >= 4 is 21.8 Å². The summed E-state index contributed by atoms with van der Waals surface area (Å²) in [6.45, 7) is 4.88. The van der Waals surface area contributed by atoms with Gasteiger partial charge in [0.1, 0.15) is 11.4 Å². The number of ether oxygens (including phenoxy) is 3. The van der Waals surface area contributed by atoms with Crippen LogP contribution in [0.2, 0.25) is 0 Å². The molecule has 0 radical (unpaired) electrons. The van der Waals surface area contributed by atoms with Gasteiger partial charge in [0, 0.05) is 62.1 Å². The second-order valence-electron chi connectivity index (χ2n) is 12.5. The van der Waals surface area contributed by atoms with E-state index in [1.165, 1.54) is 4.90 Å². The van der Waals surface area contributed by atoms with Crippen LogP contribution in [0.25, 0.3) is 0 Å². The monoisotopic (exact) mass is 616 g/mol. The molecule has 4 heterocycles. The van der Waals surface area contributed by atoms with Gasteiger partial charge < -0.3 is 24.0 Å². The number of carbonyl (C=O) groups is 2. The summed E-state index contributed by atoms with van der Waals surface area (Å²) in [5, 5.41) is 5.10. The van der Waals surface area contributed by atoms with E-state index in [0.29, 0.717) is 36.4 Å². The number of methoxy groups -OCH3 is 1. The Labute approximate surface area is 250 Å². The number of fused-ring (bicyclic) bond motifs is 1. The second kappa shape index (κ2) is 11.1. The fraction of sp³-hybridized carbons (Fsp3) is 0.567. The first-order valence-corrected chi connectivity index (χ1v) is 16.1. The lowest BCUT2D eigenvalue weighted by atomic mass is 9.79. The first-order valence-electron chi connectivity index (χ1n) is 14.6. The van der Waals surface area contributed by atoms with E-state index in [4.69, 9.17) is 24.3 Å². The molecule has 3 saturated heterocycles. The minimum atomic E-state index is -4.11. The molecule has 232 valence electrons. The number of pyridine rings is 1. The third-order valence-corrected chi connectivity index (χ3v) is 10.3. The van der Waals surface area contributed by atoms with Gasteiger partial charge in [-0.15, -0.1) is 0 Å². The lowest BCUT2D eigenvalue weighted by molar-refractivity contribution is -0.0420. The van der Waals surface area contributed by atoms with E-state index >= 15 is 0 Å². The van der Waals surface area contributed by atoms with Crippen LogP contribution in [0.5, 0.6) is 5.88 Å². The Morgan fingerprint density at radius 3 is 2.30 bits per heavy atom. The van der Waals surface area contributed by atoms with Gasteiger partial charge in [0.15, 0.2) is 0 Å². The molecule has 2 aromatic rings. The fourth-order valence-corrected chi connectivity index (χ4v) is 7.16. The third kappa shape index (κ3) is 5.75. The molecule has 1 aromatic carbocycles. The average molecular weight is 617 g/mol. The lowest BCUT2D eigenvalue weighted by Crippen LogP contribution is -2.47. The van der Waals surface area contributed by atoms with Crippen molar-refractivity contribution in [2.24, 2.45) is 16.5 Å². The highest BCUT2D eigenvalue weighted by Gasteiger charge is 2.63. The number of primary sulfonamides is 1. The zero-order chi connectivity index (χ0) is 30.6. The Bertz CT molecular complexity index is 1540. The van der Waals surface area contributed by atoms with Gasteiger partial charge in [0.05, 0.1) is 30.2 Å². The Balaban J connectivity index is 1.18. The number of hydrogen-bond donors (Lipinski definition) is 1. The normalized spacial score (nSPS) is 26.0. The van der Waals surface area contributed by atoms with Gasteiger partial charge >= 0.3 is 0 Å². The minimum absolute atomic E-state index is 0.141. The Hall–Kier alpha value is -3.13. The average Bonchev–Trinajstić information content (AvgIpc) is 3.74. The predicted molar refractivity (Wildman–Crippen MR) is 153 cm³/mol. The summed E-state index contributed by atoms with van der Waals surface area (Å²) in [4.78, 5) is 34.8. The number of likely N-dealkylation sites (tertiary alicyclic amines) is 2. The zero-order valence-corrected chi connectivity index (χ0v) is 25.2. The molecule has 6 rings (SSSR count). The van der Waals surface area contributed by atoms with Crippen LogP contribution in [0.15, 0.2) is 35.2 Å². The van der Waals surface area contributed by atoms with E-state index in [2.05, 4.69) is 0 Å². The highest BCUT2D eigenvalue weighted by molar-refractivity contribution is 7.89. The molecule has 2 N–H and O–H groups in total. The van der Waals surface area contributed by atoms with Crippen LogP contribution in [0.1, 0.15) is 64.9 Å². The second-order valence-corrected chi connectivity index (χ2v) is 14.1. The molecule has 43 heavy (non-hydrogen) atoms. The molecule has 2 atom stereocenters. The molecule has 3 aliphatic heterocycles. The van der Waals surface area contributed by atoms with E-state index in [1.807, 2.05) is 13.0 Å². The van der Waals surface area contributed by atoms with E-state index in [-0.39, 0.29) is 31.1 Å². The van der Waals surface area contributed by atoms with Gasteiger partial charge in [-0.2, -0.15) is 0 Å². The maximum atomic E-state index is 14.8. The van der Waals surface area contributed by atoms with Crippen molar-refractivity contribution in [1.29, 1.82) is 0 Å². The van der Waals surface area contributed by atoms with E-state index in [0.717, 1.165) is 62.8 Å². The number of aromatic nitrogens is 1. The summed E-state index contributed by atoms with van der Waals surface area (Å²) in [6, 6.07) is 6.57. The molecule has 1 aliphatic carbocycles. The summed E-state index contributed by atoms with van der Waals surface area (Å²) in [6.07, 6.45) is 3.95. The number of amides is 2. The number of carbonyl (C=O) groups excluding carboxylic acids is 2. The van der Waals surface area contributed by atoms with E-state index < -0.39 is 37.7 Å². The molecule has 2 amide bonds. The van der Waals surface area contributed by atoms with E-state index in [9.17, 15) is 22.4 Å². The summed E-state index contributed by atoms with van der Waals surface area (Å²) in [5.41, 5.74) is -0.373. The molecule has 1 aromatic heterocycles. The highest BCUT2D eigenvalue weighted by Crippen LogP contribution is 2.48. The standard InChI is InChI=1S/C30H37FN4O7S/c1-29-15-34(27(36)21-11-25(20-3-4-20)33-26(12-21)42-14-19-7-9-41-10-8-19)17-30(29,40-2)18-35(16-29)28(37)23-6-5-22(13-24(23)31)43(32,38)39/h5-6,11-13,19-20H,3-4,7-10,14-18H2,1-2H3,(H2,32,38,39)/t29-,30+/m0/s1. The van der Waals surface area contributed by atoms with Crippen molar-refractivity contribution in [3.63, 3.8) is 0 Å². The number of rotatable bonds is 8. The van der Waals surface area contributed by atoms with Gasteiger partial charge in [-0.1, -0.05) is 6.92 Å². The third-order valence-electron chi connectivity index (χ3n) is 9.41. The van der Waals surface area contributed by atoms with Gasteiger partial charge in [-0.05, 0) is 55.9 Å². The molecule has 4 fully saturated rings. The molecule has 13 heteroatoms. The number of halogens is 1. The van der Waals surface area contributed by atoms with Crippen molar-refractivity contribution in [3.05, 3.63) is 53.0 Å². The molecule has 4 aliphatic rings. The Morgan fingerprint density at radius 1 is 1.05 bits per heavy atom. The maximum Gasteiger partial charge on any atom is 0.256 e. The number of nitrogens with zero attached hydrogens (tertiary/aromatic N) is 3. The number of nitrogens with two attached hydrogens (primary N) is 1.